The summed E-state index contributed by atoms with van der Waals surface area (Å²) in [5, 5.41) is 11.9. The summed E-state index contributed by atoms with van der Waals surface area (Å²) in [5.41, 5.74) is 8.88. The summed E-state index contributed by atoms with van der Waals surface area (Å²) < 4.78 is 20.4. The van der Waals surface area contributed by atoms with Gasteiger partial charge >= 0.3 is 18.2 Å². The number of hydrogen-bond acceptors (Lipinski definition) is 11. The van der Waals surface area contributed by atoms with Gasteiger partial charge < -0.3 is 35.1 Å². The van der Waals surface area contributed by atoms with Crippen molar-refractivity contribution in [1.29, 1.82) is 0 Å². The molecule has 14 heteroatoms. The Bertz CT molecular complexity index is 1900. The van der Waals surface area contributed by atoms with Gasteiger partial charge in [0.2, 0.25) is 6.29 Å². The summed E-state index contributed by atoms with van der Waals surface area (Å²) >= 11 is 0. The number of pyridine rings is 1. The van der Waals surface area contributed by atoms with Crippen LogP contribution < -0.4 is 11.1 Å². The third-order valence-electron chi connectivity index (χ3n) is 8.04. The van der Waals surface area contributed by atoms with Gasteiger partial charge in [0.25, 0.3) is 5.91 Å². The highest BCUT2D eigenvalue weighted by molar-refractivity contribution is 6.07. The van der Waals surface area contributed by atoms with Crippen molar-refractivity contribution in [2.75, 3.05) is 13.2 Å². The molecule has 0 saturated heterocycles. The van der Waals surface area contributed by atoms with Gasteiger partial charge in [-0.3, -0.25) is 9.59 Å². The topological polar surface area (TPSA) is 206 Å². The van der Waals surface area contributed by atoms with Crippen LogP contribution in [-0.4, -0.2) is 77.5 Å². The van der Waals surface area contributed by atoms with E-state index in [4.69, 9.17) is 29.8 Å². The van der Waals surface area contributed by atoms with E-state index in [2.05, 4.69) is 21.9 Å². The maximum atomic E-state index is 14.0. The number of nitrogens with two attached hydrogens (primary N) is 1. The number of carbonyl (C=O) groups is 5. The van der Waals surface area contributed by atoms with Gasteiger partial charge in [-0.1, -0.05) is 43.0 Å². The van der Waals surface area contributed by atoms with Crippen LogP contribution in [0.4, 0.5) is 9.59 Å². The Morgan fingerprint density at radius 2 is 1.68 bits per heavy atom. The summed E-state index contributed by atoms with van der Waals surface area (Å²) in [4.78, 5) is 72.9. The lowest BCUT2D eigenvalue weighted by Crippen LogP contribution is -2.28. The molecule has 1 aliphatic rings. The zero-order chi connectivity index (χ0) is 38.8. The van der Waals surface area contributed by atoms with E-state index in [1.54, 1.807) is 56.3 Å². The summed E-state index contributed by atoms with van der Waals surface area (Å²) in [5.74, 6) is -1.52. The summed E-state index contributed by atoms with van der Waals surface area (Å²) in [6, 6.07) is 12.9. The Morgan fingerprint density at radius 3 is 2.30 bits per heavy atom. The Labute approximate surface area is 307 Å². The van der Waals surface area contributed by atoms with Gasteiger partial charge in [0.15, 0.2) is 11.5 Å². The molecule has 0 aliphatic heterocycles. The number of amidine groups is 1. The number of aliphatic hydroxyl groups excluding tert-OH is 1. The average Bonchev–Trinajstić information content (AvgIpc) is 3.94. The van der Waals surface area contributed by atoms with Crippen LogP contribution in [-0.2, 0) is 25.4 Å². The minimum Gasteiger partial charge on any atom is -0.442 e. The molecule has 4 rings (SSSR count). The number of hydrogen-bond donors (Lipinski definition) is 3. The van der Waals surface area contributed by atoms with Crippen LogP contribution in [0.5, 0.6) is 0 Å². The first-order chi connectivity index (χ1) is 25.2. The van der Waals surface area contributed by atoms with Gasteiger partial charge in [0.05, 0.1) is 12.7 Å². The van der Waals surface area contributed by atoms with Gasteiger partial charge in [0, 0.05) is 36.6 Å². The molecule has 2 unspecified atom stereocenters. The summed E-state index contributed by atoms with van der Waals surface area (Å²) in [6.45, 7) is 11.9. The molecule has 1 heterocycles. The Hall–Kier alpha value is -5.89. The SMILES string of the molecule is C=Cc1cc(C(=O)Cc2ccc(C(N)=NC(=O)OC(C)CO)cc2)c(-c2ccc(C(=O)NCC3CC3)nc2C(=O)OC(C)OC(=O)OC(C)C)cc1C. The number of esters is 1. The first-order valence-corrected chi connectivity index (χ1v) is 17.1. The van der Waals surface area contributed by atoms with Crippen molar-refractivity contribution in [2.24, 2.45) is 16.6 Å². The molecule has 1 fully saturated rings. The molecule has 280 valence electrons. The van der Waals surface area contributed by atoms with Crippen LogP contribution in [0.2, 0.25) is 0 Å². The smallest absolute Gasteiger partial charge is 0.442 e. The van der Waals surface area contributed by atoms with Crippen molar-refractivity contribution >= 4 is 41.8 Å². The van der Waals surface area contributed by atoms with Crippen molar-refractivity contribution in [3.05, 3.63) is 94.3 Å². The molecule has 1 aromatic heterocycles. The minimum absolute atomic E-state index is 0.0412. The number of carbonyl (C=O) groups excluding carboxylic acids is 5. The summed E-state index contributed by atoms with van der Waals surface area (Å²) in [7, 11) is 0. The molecule has 2 aromatic carbocycles. The maximum Gasteiger partial charge on any atom is 0.511 e. The van der Waals surface area contributed by atoms with Crippen molar-refractivity contribution in [2.45, 2.75) is 72.4 Å². The summed E-state index contributed by atoms with van der Waals surface area (Å²) in [6.07, 6.45) is -1.00. The highest BCUT2D eigenvalue weighted by Gasteiger charge is 2.27. The molecule has 3 aromatic rings. The molecule has 2 atom stereocenters. The Morgan fingerprint density at radius 1 is 0.981 bits per heavy atom. The van der Waals surface area contributed by atoms with Crippen molar-refractivity contribution < 1.29 is 48.0 Å². The second kappa shape index (κ2) is 18.0. The number of benzene rings is 2. The van der Waals surface area contributed by atoms with E-state index in [1.165, 1.54) is 26.0 Å². The van der Waals surface area contributed by atoms with E-state index in [9.17, 15) is 24.0 Å². The third kappa shape index (κ3) is 11.3. The number of rotatable bonds is 15. The van der Waals surface area contributed by atoms with Crippen LogP contribution in [0.3, 0.4) is 0 Å². The van der Waals surface area contributed by atoms with Crippen molar-refractivity contribution in [3.8, 4) is 11.1 Å². The Balaban J connectivity index is 1.68. The van der Waals surface area contributed by atoms with Gasteiger partial charge in [0.1, 0.15) is 17.6 Å². The lowest BCUT2D eigenvalue weighted by molar-refractivity contribution is -0.0868. The molecular formula is C39H44N4O10. The number of aliphatic hydroxyl groups is 1. The monoisotopic (exact) mass is 728 g/mol. The number of nitrogens with one attached hydrogen (secondary N) is 1. The lowest BCUT2D eigenvalue weighted by Gasteiger charge is -2.18. The van der Waals surface area contributed by atoms with Crippen molar-refractivity contribution in [1.82, 2.24) is 10.3 Å². The molecule has 14 nitrogen and oxygen atoms in total. The van der Waals surface area contributed by atoms with Gasteiger partial charge in [-0.15, -0.1) is 0 Å². The van der Waals surface area contributed by atoms with Crippen LogP contribution in [0.15, 0.2) is 60.1 Å². The maximum absolute atomic E-state index is 14.0. The standard InChI is InChI=1S/C39H44N4O10/c1-7-27-18-31(33(45)17-25-10-12-28(13-11-25)35(40)43-38(48)51-23(5)20-44)30(16-22(27)4)29-14-15-32(36(46)41-19-26-8-9-26)42-34(29)37(47)52-24(6)53-39(49)50-21(2)3/h7,10-16,18,21,23-24,26,44H,1,8-9,17,19-20H2,2-6H3,(H,41,46)(H2,40,43,48). The van der Waals surface area contributed by atoms with E-state index in [-0.39, 0.29) is 47.2 Å². The zero-order valence-corrected chi connectivity index (χ0v) is 30.3. The molecular weight excluding hydrogens is 684 g/mol. The fourth-order valence-corrected chi connectivity index (χ4v) is 5.07. The predicted molar refractivity (Wildman–Crippen MR) is 195 cm³/mol. The highest BCUT2D eigenvalue weighted by atomic mass is 16.8. The molecule has 53 heavy (non-hydrogen) atoms. The number of ketones is 1. The number of amides is 2. The predicted octanol–water partition coefficient (Wildman–Crippen LogP) is 5.55. The van der Waals surface area contributed by atoms with E-state index in [0.717, 1.165) is 18.4 Å². The molecule has 1 saturated carbocycles. The molecule has 0 spiro atoms. The van der Waals surface area contributed by atoms with Crippen LogP contribution in [0.1, 0.15) is 94.1 Å². The molecule has 0 bridgehead atoms. The number of aromatic nitrogens is 1. The van der Waals surface area contributed by atoms with E-state index >= 15 is 0 Å². The highest BCUT2D eigenvalue weighted by Crippen LogP contribution is 2.32. The quantitative estimate of drug-likeness (QED) is 0.0440. The molecule has 0 radical (unpaired) electrons. The van der Waals surface area contributed by atoms with E-state index in [0.29, 0.717) is 34.7 Å². The van der Waals surface area contributed by atoms with Crippen LogP contribution in [0, 0.1) is 12.8 Å². The first-order valence-electron chi connectivity index (χ1n) is 17.1. The second-order valence-electron chi connectivity index (χ2n) is 12.9. The molecule has 4 N–H and O–H groups in total. The fourth-order valence-electron chi connectivity index (χ4n) is 5.07. The van der Waals surface area contributed by atoms with Gasteiger partial charge in [-0.25, -0.2) is 19.4 Å². The number of aliphatic imine (C=N–C) groups is 1. The van der Waals surface area contributed by atoms with E-state index in [1.807, 2.05) is 6.92 Å². The first kappa shape index (κ1) is 39.9. The van der Waals surface area contributed by atoms with Crippen LogP contribution >= 0.6 is 0 Å². The van der Waals surface area contributed by atoms with Crippen LogP contribution in [0.25, 0.3) is 17.2 Å². The number of aryl methyl sites for hydroxylation is 1. The zero-order valence-electron chi connectivity index (χ0n) is 30.3. The number of Topliss-reactive ketones (excluding diaryl/α,β-unsaturated/α-hetero) is 1. The fraction of sp³-hybridized carbons (Fsp3) is 0.359. The largest absolute Gasteiger partial charge is 0.511 e. The molecule has 1 aliphatic carbocycles. The van der Waals surface area contributed by atoms with Crippen molar-refractivity contribution in [3.63, 3.8) is 0 Å². The van der Waals surface area contributed by atoms with Gasteiger partial charge in [-0.2, -0.15) is 4.99 Å². The second-order valence-corrected chi connectivity index (χ2v) is 12.9. The normalized spacial score (nSPS) is 13.8. The average molecular weight is 729 g/mol. The van der Waals surface area contributed by atoms with E-state index < -0.39 is 42.6 Å². The minimum atomic E-state index is -1.38. The lowest BCUT2D eigenvalue weighted by atomic mass is 9.89. The van der Waals surface area contributed by atoms with Gasteiger partial charge in [-0.05, 0) is 86.9 Å². The Kier molecular flexibility index (Phi) is 13.6. The molecule has 2 amide bonds. The third-order valence-corrected chi connectivity index (χ3v) is 8.04. The number of ether oxygens (including phenoxy) is 4. The number of nitrogens with zero attached hydrogens (tertiary/aromatic N) is 2.